The van der Waals surface area contributed by atoms with E-state index in [-0.39, 0.29) is 35.9 Å². The quantitative estimate of drug-likeness (QED) is 0.724. The first kappa shape index (κ1) is 18.7. The van der Waals surface area contributed by atoms with Gasteiger partial charge in [-0.15, -0.1) is 12.4 Å². The second kappa shape index (κ2) is 10.5. The third-order valence-corrected chi connectivity index (χ3v) is 2.56. The van der Waals surface area contributed by atoms with Crippen LogP contribution in [0.3, 0.4) is 0 Å². The lowest BCUT2D eigenvalue weighted by Gasteiger charge is -2.08. The summed E-state index contributed by atoms with van der Waals surface area (Å²) in [7, 11) is 0. The largest absolute Gasteiger partial charge is 0.491 e. The van der Waals surface area contributed by atoms with Gasteiger partial charge in [0.2, 0.25) is 5.91 Å². The van der Waals surface area contributed by atoms with Crippen LogP contribution in [0.5, 0.6) is 5.75 Å². The molecule has 20 heavy (non-hydrogen) atoms. The third-order valence-electron chi connectivity index (χ3n) is 2.56. The summed E-state index contributed by atoms with van der Waals surface area (Å²) in [5, 5.41) is 2.78. The van der Waals surface area contributed by atoms with Gasteiger partial charge in [-0.1, -0.05) is 12.1 Å². The van der Waals surface area contributed by atoms with Gasteiger partial charge in [0.25, 0.3) is 0 Å². The fraction of sp³-hybridized carbons (Fsp3) is 0.500. The minimum Gasteiger partial charge on any atom is -0.491 e. The van der Waals surface area contributed by atoms with Gasteiger partial charge in [0, 0.05) is 19.0 Å². The smallest absolute Gasteiger partial charge is 0.220 e. The molecular weight excluding hydrogens is 283 g/mol. The molecule has 0 fully saturated rings. The molecule has 0 radical (unpaired) electrons. The van der Waals surface area contributed by atoms with Crippen LogP contribution in [0.15, 0.2) is 24.3 Å². The maximum Gasteiger partial charge on any atom is 0.220 e. The van der Waals surface area contributed by atoms with Crippen molar-refractivity contribution in [3.8, 4) is 5.75 Å². The number of carbonyl (C=O) groups is 1. The van der Waals surface area contributed by atoms with Gasteiger partial charge < -0.3 is 15.8 Å². The van der Waals surface area contributed by atoms with E-state index in [0.29, 0.717) is 26.0 Å². The minimum atomic E-state index is -0.385. The van der Waals surface area contributed by atoms with Gasteiger partial charge in [-0.25, -0.2) is 4.39 Å². The molecule has 0 aliphatic rings. The van der Waals surface area contributed by atoms with Crippen LogP contribution in [0, 0.1) is 5.82 Å². The summed E-state index contributed by atoms with van der Waals surface area (Å²) in [6.07, 6.45) is 1.68. The van der Waals surface area contributed by atoms with Crippen molar-refractivity contribution in [3.05, 3.63) is 30.1 Å². The molecule has 0 spiro atoms. The molecule has 0 aliphatic carbocycles. The lowest BCUT2D eigenvalue weighted by Crippen LogP contribution is -2.28. The van der Waals surface area contributed by atoms with Crippen LogP contribution in [-0.4, -0.2) is 25.1 Å². The number of rotatable bonds is 8. The van der Waals surface area contributed by atoms with Gasteiger partial charge >= 0.3 is 0 Å². The van der Waals surface area contributed by atoms with E-state index in [1.165, 1.54) is 6.07 Å². The molecule has 0 saturated carbocycles. The average Bonchev–Trinajstić information content (AvgIpc) is 2.36. The first-order valence-electron chi connectivity index (χ1n) is 6.49. The monoisotopic (exact) mass is 304 g/mol. The molecule has 6 heteroatoms. The molecule has 114 valence electrons. The first-order chi connectivity index (χ1) is 9.09. The van der Waals surface area contributed by atoms with Crippen molar-refractivity contribution in [2.24, 2.45) is 5.73 Å². The number of hydrogen-bond donors (Lipinski definition) is 2. The fourth-order valence-corrected chi connectivity index (χ4v) is 1.50. The summed E-state index contributed by atoms with van der Waals surface area (Å²) in [4.78, 5) is 11.4. The van der Waals surface area contributed by atoms with Gasteiger partial charge in [0.15, 0.2) is 11.6 Å². The highest BCUT2D eigenvalue weighted by atomic mass is 35.5. The summed E-state index contributed by atoms with van der Waals surface area (Å²) in [5.74, 6) is -0.193. The maximum atomic E-state index is 13.2. The number of nitrogens with two attached hydrogens (primary N) is 1. The lowest BCUT2D eigenvalue weighted by molar-refractivity contribution is -0.121. The Balaban J connectivity index is 0.00000361. The molecule has 1 aromatic carbocycles. The molecule has 1 aromatic rings. The van der Waals surface area contributed by atoms with E-state index in [0.717, 1.165) is 6.42 Å². The number of carbonyl (C=O) groups excluding carboxylic acids is 1. The fourth-order valence-electron chi connectivity index (χ4n) is 1.50. The van der Waals surface area contributed by atoms with Crippen molar-refractivity contribution in [2.75, 3.05) is 13.2 Å². The molecule has 0 bridgehead atoms. The van der Waals surface area contributed by atoms with E-state index in [9.17, 15) is 9.18 Å². The van der Waals surface area contributed by atoms with Crippen molar-refractivity contribution in [2.45, 2.75) is 32.2 Å². The Morgan fingerprint density at radius 3 is 2.80 bits per heavy atom. The molecule has 0 heterocycles. The summed E-state index contributed by atoms with van der Waals surface area (Å²) < 4.78 is 18.5. The van der Waals surface area contributed by atoms with E-state index in [1.54, 1.807) is 18.2 Å². The number of hydrogen-bond acceptors (Lipinski definition) is 3. The standard InChI is InChI=1S/C14H21FN2O2.ClH/c1-11(16)8-9-17-14(18)7-4-10-19-13-6-3-2-5-12(13)15;/h2-3,5-6,11H,4,7-10,16H2,1H3,(H,17,18);1H. The summed E-state index contributed by atoms with van der Waals surface area (Å²) in [6, 6.07) is 6.31. The van der Waals surface area contributed by atoms with Crippen LogP contribution in [0.2, 0.25) is 0 Å². The van der Waals surface area contributed by atoms with Crippen LogP contribution in [0.4, 0.5) is 4.39 Å². The van der Waals surface area contributed by atoms with Crippen molar-refractivity contribution in [1.82, 2.24) is 5.32 Å². The van der Waals surface area contributed by atoms with Gasteiger partial charge in [0.1, 0.15) is 0 Å². The highest BCUT2D eigenvalue weighted by molar-refractivity contribution is 5.85. The van der Waals surface area contributed by atoms with E-state index < -0.39 is 0 Å². The Hall–Kier alpha value is -1.33. The number of benzene rings is 1. The predicted molar refractivity (Wildman–Crippen MR) is 79.7 cm³/mol. The molecule has 0 aromatic heterocycles. The number of amides is 1. The summed E-state index contributed by atoms with van der Waals surface area (Å²) in [5.41, 5.74) is 5.57. The molecule has 4 nitrogen and oxygen atoms in total. The first-order valence-corrected chi connectivity index (χ1v) is 6.49. The van der Waals surface area contributed by atoms with Gasteiger partial charge in [-0.2, -0.15) is 0 Å². The zero-order valence-electron chi connectivity index (χ0n) is 11.6. The van der Waals surface area contributed by atoms with Crippen LogP contribution in [0.25, 0.3) is 0 Å². The number of ether oxygens (including phenoxy) is 1. The SMILES string of the molecule is CC(N)CCNC(=O)CCCOc1ccccc1F.Cl. The van der Waals surface area contributed by atoms with E-state index >= 15 is 0 Å². The Labute approximate surface area is 125 Å². The number of para-hydroxylation sites is 1. The van der Waals surface area contributed by atoms with Gasteiger partial charge in [0.05, 0.1) is 6.61 Å². The second-order valence-corrected chi connectivity index (χ2v) is 4.50. The van der Waals surface area contributed by atoms with Gasteiger partial charge in [-0.05, 0) is 31.9 Å². The Bertz CT molecular complexity index is 403. The van der Waals surface area contributed by atoms with Crippen LogP contribution >= 0.6 is 12.4 Å². The summed E-state index contributed by atoms with van der Waals surface area (Å²) in [6.45, 7) is 2.81. The highest BCUT2D eigenvalue weighted by Crippen LogP contribution is 2.15. The third kappa shape index (κ3) is 7.96. The number of nitrogens with one attached hydrogen (secondary N) is 1. The Morgan fingerprint density at radius 2 is 2.15 bits per heavy atom. The molecular formula is C14H22ClFN2O2. The van der Waals surface area contributed by atoms with Gasteiger partial charge in [-0.3, -0.25) is 4.79 Å². The Morgan fingerprint density at radius 1 is 1.45 bits per heavy atom. The average molecular weight is 305 g/mol. The minimum absolute atomic E-state index is 0. The second-order valence-electron chi connectivity index (χ2n) is 4.50. The van der Waals surface area contributed by atoms with Crippen LogP contribution in [-0.2, 0) is 4.79 Å². The highest BCUT2D eigenvalue weighted by Gasteiger charge is 2.04. The molecule has 0 saturated heterocycles. The number of halogens is 2. The van der Waals surface area contributed by atoms with E-state index in [1.807, 2.05) is 6.92 Å². The predicted octanol–water partition coefficient (Wildman–Crippen LogP) is 2.26. The van der Waals surface area contributed by atoms with Crippen molar-refractivity contribution in [1.29, 1.82) is 0 Å². The molecule has 3 N–H and O–H groups in total. The van der Waals surface area contributed by atoms with Crippen molar-refractivity contribution >= 4 is 18.3 Å². The molecule has 1 atom stereocenters. The molecule has 1 unspecified atom stereocenters. The molecule has 0 aliphatic heterocycles. The normalized spacial score (nSPS) is 11.3. The molecule has 1 amide bonds. The van der Waals surface area contributed by atoms with Crippen LogP contribution in [0.1, 0.15) is 26.2 Å². The van der Waals surface area contributed by atoms with E-state index in [2.05, 4.69) is 5.32 Å². The zero-order valence-corrected chi connectivity index (χ0v) is 12.4. The zero-order chi connectivity index (χ0) is 14.1. The molecule has 1 rings (SSSR count). The Kier molecular flexibility index (Phi) is 9.76. The maximum absolute atomic E-state index is 13.2. The topological polar surface area (TPSA) is 64.3 Å². The van der Waals surface area contributed by atoms with Crippen molar-refractivity contribution in [3.63, 3.8) is 0 Å². The lowest BCUT2D eigenvalue weighted by atomic mass is 10.2. The summed E-state index contributed by atoms with van der Waals surface area (Å²) >= 11 is 0. The van der Waals surface area contributed by atoms with E-state index in [4.69, 9.17) is 10.5 Å². The van der Waals surface area contributed by atoms with Crippen molar-refractivity contribution < 1.29 is 13.9 Å². The van der Waals surface area contributed by atoms with Crippen LogP contribution < -0.4 is 15.8 Å².